The van der Waals surface area contributed by atoms with Gasteiger partial charge >= 0.3 is 5.69 Å². The van der Waals surface area contributed by atoms with E-state index >= 15 is 0 Å². The van der Waals surface area contributed by atoms with E-state index in [4.69, 9.17) is 21.1 Å². The summed E-state index contributed by atoms with van der Waals surface area (Å²) in [5.41, 5.74) is 1.25. The maximum absolute atomic E-state index is 13.5. The summed E-state index contributed by atoms with van der Waals surface area (Å²) in [6.45, 7) is 3.49. The molecule has 0 amide bonds. The fourth-order valence-electron chi connectivity index (χ4n) is 3.99. The van der Waals surface area contributed by atoms with Crippen molar-refractivity contribution in [3.8, 4) is 11.5 Å². The van der Waals surface area contributed by atoms with Gasteiger partial charge in [-0.2, -0.15) is 0 Å². The van der Waals surface area contributed by atoms with Gasteiger partial charge in [-0.25, -0.2) is 14.4 Å². The molecule has 0 bridgehead atoms. The molecule has 2 aromatic carbocycles. The first-order valence-corrected chi connectivity index (χ1v) is 10.9. The Morgan fingerprint density at radius 1 is 1.09 bits per heavy atom. The molecular weight excluding hydrogens is 467 g/mol. The second-order valence-electron chi connectivity index (χ2n) is 7.86. The Labute approximate surface area is 199 Å². The Hall–Kier alpha value is -3.70. The Morgan fingerprint density at radius 2 is 1.88 bits per heavy atom. The maximum atomic E-state index is 13.5. The molecule has 34 heavy (non-hydrogen) atoms. The van der Waals surface area contributed by atoms with Gasteiger partial charge in [-0.3, -0.25) is 15.0 Å². The lowest BCUT2D eigenvalue weighted by Gasteiger charge is -2.35. The highest BCUT2D eigenvalue weighted by atomic mass is 35.5. The molecule has 5 rings (SSSR count). The summed E-state index contributed by atoms with van der Waals surface area (Å²) in [6, 6.07) is 9.84. The second kappa shape index (κ2) is 9.27. The highest BCUT2D eigenvalue weighted by Crippen LogP contribution is 2.35. The molecule has 3 heterocycles. The number of hydrogen-bond acceptors (Lipinski definition) is 9. The van der Waals surface area contributed by atoms with Crippen molar-refractivity contribution in [2.75, 3.05) is 43.2 Å². The highest BCUT2D eigenvalue weighted by molar-refractivity contribution is 6.31. The molecular formula is C22H20ClFN6O4. The monoisotopic (exact) mass is 486 g/mol. The zero-order valence-corrected chi connectivity index (χ0v) is 18.7. The predicted molar refractivity (Wildman–Crippen MR) is 123 cm³/mol. The van der Waals surface area contributed by atoms with Crippen LogP contribution >= 0.6 is 11.6 Å². The normalized spacial score (nSPS) is 15.4. The first-order chi connectivity index (χ1) is 16.5. The fourth-order valence-corrected chi connectivity index (χ4v) is 4.17. The summed E-state index contributed by atoms with van der Waals surface area (Å²) >= 11 is 5.83. The number of aromatic nitrogens is 2. The zero-order valence-electron chi connectivity index (χ0n) is 17.9. The number of nitro groups is 1. The van der Waals surface area contributed by atoms with Crippen LogP contribution in [0.15, 0.2) is 42.7 Å². The summed E-state index contributed by atoms with van der Waals surface area (Å²) < 4.78 is 24.3. The molecule has 0 radical (unpaired) electrons. The average Bonchev–Trinajstić information content (AvgIpc) is 3.30. The van der Waals surface area contributed by atoms with Crippen LogP contribution in [0.1, 0.15) is 5.56 Å². The van der Waals surface area contributed by atoms with Crippen molar-refractivity contribution in [2.24, 2.45) is 0 Å². The SMILES string of the molecule is O=[N+]([O-])c1c(Nc2ccc(F)c(Cl)c2)ncnc1N1CCN(Cc2ccc3c(c2)OCO3)CC1. The summed E-state index contributed by atoms with van der Waals surface area (Å²) in [5.74, 6) is 1.16. The van der Waals surface area contributed by atoms with Crippen LogP contribution in [-0.4, -0.2) is 52.8 Å². The molecule has 0 aliphatic carbocycles. The van der Waals surface area contributed by atoms with Gasteiger partial charge < -0.3 is 19.7 Å². The second-order valence-corrected chi connectivity index (χ2v) is 8.26. The third kappa shape index (κ3) is 4.52. The van der Waals surface area contributed by atoms with Crippen LogP contribution < -0.4 is 19.7 Å². The van der Waals surface area contributed by atoms with E-state index in [1.165, 1.54) is 24.5 Å². The Balaban J connectivity index is 1.29. The fraction of sp³-hybridized carbons (Fsp3) is 0.273. The Bertz CT molecular complexity index is 1240. The quantitative estimate of drug-likeness (QED) is 0.409. The van der Waals surface area contributed by atoms with Crippen molar-refractivity contribution < 1.29 is 18.8 Å². The van der Waals surface area contributed by atoms with Crippen LogP contribution in [0.5, 0.6) is 11.5 Å². The molecule has 1 saturated heterocycles. The van der Waals surface area contributed by atoms with Gasteiger partial charge in [-0.05, 0) is 35.9 Å². The van der Waals surface area contributed by atoms with Crippen LogP contribution in [0.2, 0.25) is 5.02 Å². The van der Waals surface area contributed by atoms with Crippen molar-refractivity contribution in [2.45, 2.75) is 6.54 Å². The van der Waals surface area contributed by atoms with Gasteiger partial charge in [-0.15, -0.1) is 0 Å². The minimum atomic E-state index is -0.580. The molecule has 2 aliphatic rings. The molecule has 176 valence electrons. The van der Waals surface area contributed by atoms with Gasteiger partial charge in [0.2, 0.25) is 18.4 Å². The van der Waals surface area contributed by atoms with Crippen LogP contribution in [0.3, 0.4) is 0 Å². The number of benzene rings is 2. The minimum absolute atomic E-state index is 0.0143. The minimum Gasteiger partial charge on any atom is -0.454 e. The topological polar surface area (TPSA) is 106 Å². The summed E-state index contributed by atoms with van der Waals surface area (Å²) in [7, 11) is 0. The number of ether oxygens (including phenoxy) is 2. The van der Waals surface area contributed by atoms with Crippen LogP contribution in [0.25, 0.3) is 0 Å². The van der Waals surface area contributed by atoms with Gasteiger partial charge in [0.1, 0.15) is 12.1 Å². The molecule has 1 aromatic heterocycles. The van der Waals surface area contributed by atoms with E-state index in [-0.39, 0.29) is 29.1 Å². The average molecular weight is 487 g/mol. The van der Waals surface area contributed by atoms with Crippen LogP contribution in [-0.2, 0) is 6.54 Å². The van der Waals surface area contributed by atoms with E-state index in [2.05, 4.69) is 20.2 Å². The standard InChI is InChI=1S/C22H20ClFN6O4/c23-16-10-15(2-3-17(16)24)27-21-20(30(31)32)22(26-12-25-21)29-7-5-28(6-8-29)11-14-1-4-18-19(9-14)34-13-33-18/h1-4,9-10,12H,5-8,11,13H2,(H,25,26,27). The molecule has 10 nitrogen and oxygen atoms in total. The summed E-state index contributed by atoms with van der Waals surface area (Å²) in [5, 5.41) is 14.7. The maximum Gasteiger partial charge on any atom is 0.353 e. The molecule has 0 spiro atoms. The largest absolute Gasteiger partial charge is 0.454 e. The predicted octanol–water partition coefficient (Wildman–Crippen LogP) is 3.97. The highest BCUT2D eigenvalue weighted by Gasteiger charge is 2.29. The van der Waals surface area contributed by atoms with E-state index in [1.807, 2.05) is 23.1 Å². The smallest absolute Gasteiger partial charge is 0.353 e. The van der Waals surface area contributed by atoms with E-state index in [1.54, 1.807) is 0 Å². The summed E-state index contributed by atoms with van der Waals surface area (Å²) in [4.78, 5) is 23.8. The number of rotatable bonds is 6. The lowest BCUT2D eigenvalue weighted by Crippen LogP contribution is -2.46. The third-order valence-corrected chi connectivity index (χ3v) is 5.97. The lowest BCUT2D eigenvalue weighted by molar-refractivity contribution is -0.383. The first-order valence-electron chi connectivity index (χ1n) is 10.6. The van der Waals surface area contributed by atoms with Gasteiger partial charge in [0.15, 0.2) is 11.5 Å². The number of anilines is 3. The van der Waals surface area contributed by atoms with Crippen molar-refractivity contribution in [3.05, 3.63) is 69.2 Å². The van der Waals surface area contributed by atoms with Crippen molar-refractivity contribution in [1.29, 1.82) is 0 Å². The van der Waals surface area contributed by atoms with E-state index < -0.39 is 10.7 Å². The number of halogens is 2. The van der Waals surface area contributed by atoms with E-state index in [9.17, 15) is 14.5 Å². The van der Waals surface area contributed by atoms with Crippen molar-refractivity contribution in [3.63, 3.8) is 0 Å². The molecule has 1 N–H and O–H groups in total. The Morgan fingerprint density at radius 3 is 2.65 bits per heavy atom. The summed E-state index contributed by atoms with van der Waals surface area (Å²) in [6.07, 6.45) is 1.27. The van der Waals surface area contributed by atoms with Crippen LogP contribution in [0, 0.1) is 15.9 Å². The van der Waals surface area contributed by atoms with E-state index in [0.717, 1.165) is 23.6 Å². The molecule has 0 atom stereocenters. The molecule has 3 aromatic rings. The number of hydrogen-bond donors (Lipinski definition) is 1. The molecule has 1 fully saturated rings. The van der Waals surface area contributed by atoms with Crippen molar-refractivity contribution in [1.82, 2.24) is 14.9 Å². The Kier molecular flexibility index (Phi) is 6.03. The number of piperazine rings is 1. The number of nitrogens with zero attached hydrogens (tertiary/aromatic N) is 5. The molecule has 2 aliphatic heterocycles. The first kappa shape index (κ1) is 22.1. The van der Waals surface area contributed by atoms with Gasteiger partial charge in [0.25, 0.3) is 0 Å². The zero-order chi connectivity index (χ0) is 23.7. The molecule has 0 unspecified atom stereocenters. The van der Waals surface area contributed by atoms with Crippen molar-refractivity contribution >= 4 is 34.6 Å². The van der Waals surface area contributed by atoms with Gasteiger partial charge in [0, 0.05) is 38.4 Å². The number of nitrogens with one attached hydrogen (secondary N) is 1. The third-order valence-electron chi connectivity index (χ3n) is 5.68. The van der Waals surface area contributed by atoms with E-state index in [0.29, 0.717) is 31.9 Å². The van der Waals surface area contributed by atoms with Gasteiger partial charge in [-0.1, -0.05) is 17.7 Å². The van der Waals surface area contributed by atoms with Crippen LogP contribution in [0.4, 0.5) is 27.4 Å². The van der Waals surface area contributed by atoms with Gasteiger partial charge in [0.05, 0.1) is 9.95 Å². The molecule has 0 saturated carbocycles. The number of fused-ring (bicyclic) bond motifs is 1. The lowest BCUT2D eigenvalue weighted by atomic mass is 10.1. The molecule has 12 heteroatoms.